The zero-order valence-corrected chi connectivity index (χ0v) is 16.7. The van der Waals surface area contributed by atoms with Crippen molar-refractivity contribution < 1.29 is 9.84 Å². The highest BCUT2D eigenvalue weighted by atomic mass is 16.5. The first-order valence-electron chi connectivity index (χ1n) is 10.7. The molecule has 0 bridgehead atoms. The molecule has 0 aromatic heterocycles. The second kappa shape index (κ2) is 7.09. The molecule has 2 unspecified atom stereocenters. The van der Waals surface area contributed by atoms with Crippen molar-refractivity contribution in [1.29, 1.82) is 0 Å². The second-order valence-corrected chi connectivity index (χ2v) is 8.81. The van der Waals surface area contributed by atoms with Crippen molar-refractivity contribution in [3.8, 4) is 11.5 Å². The molecule has 2 heterocycles. The number of fused-ring (bicyclic) bond motifs is 1. The molecule has 1 spiro atoms. The van der Waals surface area contributed by atoms with Gasteiger partial charge in [-0.25, -0.2) is 0 Å². The summed E-state index contributed by atoms with van der Waals surface area (Å²) in [5, 5.41) is 13.8. The number of nitrogens with one attached hydrogen (secondary N) is 1. The molecular formula is C24H30N2O2. The SMILES string of the molecule is CCN1CCC(Oc2ccc(CC3NC4(CC4)Cc4cc(O)ccc43)cc2)C1. The normalized spacial score (nSPS) is 25.6. The van der Waals surface area contributed by atoms with E-state index in [9.17, 15) is 5.11 Å². The van der Waals surface area contributed by atoms with E-state index < -0.39 is 0 Å². The van der Waals surface area contributed by atoms with E-state index in [1.54, 1.807) is 0 Å². The molecule has 2 aromatic rings. The maximum atomic E-state index is 9.90. The van der Waals surface area contributed by atoms with Gasteiger partial charge >= 0.3 is 0 Å². The number of phenolic OH excluding ortho intramolecular Hbond substituents is 1. The second-order valence-electron chi connectivity index (χ2n) is 8.81. The van der Waals surface area contributed by atoms with Crippen LogP contribution in [0.4, 0.5) is 0 Å². The molecule has 2 atom stereocenters. The monoisotopic (exact) mass is 378 g/mol. The quantitative estimate of drug-likeness (QED) is 0.830. The van der Waals surface area contributed by atoms with Crippen LogP contribution in [-0.2, 0) is 12.8 Å². The average Bonchev–Trinajstić information content (AvgIpc) is 3.26. The molecule has 5 rings (SSSR count). The molecule has 1 saturated carbocycles. The topological polar surface area (TPSA) is 44.7 Å². The molecule has 0 radical (unpaired) electrons. The van der Waals surface area contributed by atoms with Gasteiger partial charge in [-0.3, -0.25) is 4.90 Å². The Labute approximate surface area is 167 Å². The van der Waals surface area contributed by atoms with Crippen molar-refractivity contribution in [1.82, 2.24) is 10.2 Å². The Morgan fingerprint density at radius 1 is 1.18 bits per heavy atom. The number of hydrogen-bond acceptors (Lipinski definition) is 4. The van der Waals surface area contributed by atoms with Gasteiger partial charge < -0.3 is 15.2 Å². The van der Waals surface area contributed by atoms with Gasteiger partial charge in [-0.2, -0.15) is 0 Å². The largest absolute Gasteiger partial charge is 0.508 e. The molecule has 2 N–H and O–H groups in total. The number of likely N-dealkylation sites (tertiary alicyclic amines) is 1. The van der Waals surface area contributed by atoms with Crippen molar-refractivity contribution in [3.05, 3.63) is 59.2 Å². The van der Waals surface area contributed by atoms with Crippen LogP contribution < -0.4 is 10.1 Å². The minimum absolute atomic E-state index is 0.266. The van der Waals surface area contributed by atoms with Gasteiger partial charge in [0, 0.05) is 24.7 Å². The van der Waals surface area contributed by atoms with Crippen LogP contribution >= 0.6 is 0 Å². The minimum atomic E-state index is 0.266. The Hall–Kier alpha value is -2.04. The predicted molar refractivity (Wildman–Crippen MR) is 111 cm³/mol. The van der Waals surface area contributed by atoms with Crippen LogP contribution in [0.3, 0.4) is 0 Å². The number of phenols is 1. The van der Waals surface area contributed by atoms with Crippen LogP contribution in [0.15, 0.2) is 42.5 Å². The Morgan fingerprint density at radius 2 is 2.00 bits per heavy atom. The minimum Gasteiger partial charge on any atom is -0.508 e. The van der Waals surface area contributed by atoms with Crippen molar-refractivity contribution in [3.63, 3.8) is 0 Å². The van der Waals surface area contributed by atoms with Crippen LogP contribution in [0.2, 0.25) is 0 Å². The standard InChI is InChI=1S/C24H30N2O2/c1-2-26-12-9-21(16-26)28-20-6-3-17(4-7-20)13-23-22-8-5-19(27)14-18(22)15-24(25-23)10-11-24/h3-8,14,21,23,25,27H,2,9-13,15-16H2,1H3. The molecule has 28 heavy (non-hydrogen) atoms. The van der Waals surface area contributed by atoms with Crippen LogP contribution in [0.1, 0.15) is 48.9 Å². The number of aromatic hydroxyl groups is 1. The third-order valence-corrected chi connectivity index (χ3v) is 6.71. The molecule has 2 fully saturated rings. The van der Waals surface area contributed by atoms with Crippen LogP contribution in [0.25, 0.3) is 0 Å². The smallest absolute Gasteiger partial charge is 0.119 e. The summed E-state index contributed by atoms with van der Waals surface area (Å²) in [6.45, 7) is 5.49. The van der Waals surface area contributed by atoms with Gasteiger partial charge in [0.05, 0.1) is 0 Å². The van der Waals surface area contributed by atoms with E-state index in [1.807, 2.05) is 12.1 Å². The van der Waals surface area contributed by atoms with Gasteiger partial charge in [-0.15, -0.1) is 0 Å². The third kappa shape index (κ3) is 3.63. The van der Waals surface area contributed by atoms with Gasteiger partial charge in [-0.05, 0) is 79.6 Å². The lowest BCUT2D eigenvalue weighted by atomic mass is 9.86. The van der Waals surface area contributed by atoms with Crippen molar-refractivity contribution in [2.75, 3.05) is 19.6 Å². The molecule has 1 saturated heterocycles. The van der Waals surface area contributed by atoms with E-state index >= 15 is 0 Å². The summed E-state index contributed by atoms with van der Waals surface area (Å²) in [6.07, 6.45) is 5.92. The Kier molecular flexibility index (Phi) is 4.56. The third-order valence-electron chi connectivity index (χ3n) is 6.71. The first kappa shape index (κ1) is 18.0. The molecule has 1 aliphatic carbocycles. The highest BCUT2D eigenvalue weighted by Gasteiger charge is 2.47. The van der Waals surface area contributed by atoms with Crippen LogP contribution in [0, 0.1) is 0 Å². The fraction of sp³-hybridized carbons (Fsp3) is 0.500. The highest BCUT2D eigenvalue weighted by molar-refractivity contribution is 5.42. The van der Waals surface area contributed by atoms with E-state index in [2.05, 4.69) is 47.5 Å². The summed E-state index contributed by atoms with van der Waals surface area (Å²) < 4.78 is 6.18. The first-order chi connectivity index (χ1) is 13.6. The van der Waals surface area contributed by atoms with E-state index in [1.165, 1.54) is 29.5 Å². The molecule has 4 heteroatoms. The number of likely N-dealkylation sites (N-methyl/N-ethyl adjacent to an activating group) is 1. The zero-order chi connectivity index (χ0) is 19.1. The lowest BCUT2D eigenvalue weighted by molar-refractivity contribution is 0.202. The number of nitrogens with zero attached hydrogens (tertiary/aromatic N) is 1. The Balaban J connectivity index is 1.27. The van der Waals surface area contributed by atoms with Gasteiger partial charge in [0.2, 0.25) is 0 Å². The van der Waals surface area contributed by atoms with E-state index in [0.717, 1.165) is 44.6 Å². The van der Waals surface area contributed by atoms with E-state index in [-0.39, 0.29) is 5.54 Å². The van der Waals surface area contributed by atoms with Gasteiger partial charge in [0.1, 0.15) is 17.6 Å². The molecule has 2 aromatic carbocycles. The number of rotatable bonds is 5. The Morgan fingerprint density at radius 3 is 2.71 bits per heavy atom. The zero-order valence-electron chi connectivity index (χ0n) is 16.7. The summed E-state index contributed by atoms with van der Waals surface area (Å²) in [6, 6.07) is 14.8. The van der Waals surface area contributed by atoms with Crippen molar-refractivity contribution in [2.24, 2.45) is 0 Å². The summed E-state index contributed by atoms with van der Waals surface area (Å²) in [7, 11) is 0. The van der Waals surface area contributed by atoms with Crippen LogP contribution in [0.5, 0.6) is 11.5 Å². The maximum Gasteiger partial charge on any atom is 0.119 e. The molecular weight excluding hydrogens is 348 g/mol. The van der Waals surface area contributed by atoms with Crippen molar-refractivity contribution in [2.45, 2.75) is 56.7 Å². The molecule has 0 amide bonds. The summed E-state index contributed by atoms with van der Waals surface area (Å²) >= 11 is 0. The van der Waals surface area contributed by atoms with Gasteiger partial charge in [0.25, 0.3) is 0 Å². The summed E-state index contributed by atoms with van der Waals surface area (Å²) in [5.74, 6) is 1.36. The van der Waals surface area contributed by atoms with Gasteiger partial charge in [0.15, 0.2) is 0 Å². The molecule has 148 valence electrons. The maximum absolute atomic E-state index is 9.90. The van der Waals surface area contributed by atoms with Gasteiger partial charge in [-0.1, -0.05) is 25.1 Å². The molecule has 4 nitrogen and oxygen atoms in total. The lowest BCUT2D eigenvalue weighted by Crippen LogP contribution is -2.42. The Bertz CT molecular complexity index is 844. The summed E-state index contributed by atoms with van der Waals surface area (Å²) in [5.41, 5.74) is 4.23. The predicted octanol–water partition coefficient (Wildman–Crippen LogP) is 3.83. The highest BCUT2D eigenvalue weighted by Crippen LogP contribution is 2.46. The summed E-state index contributed by atoms with van der Waals surface area (Å²) in [4.78, 5) is 2.44. The van der Waals surface area contributed by atoms with E-state index in [4.69, 9.17) is 4.74 Å². The fourth-order valence-electron chi connectivity index (χ4n) is 4.89. The average molecular weight is 379 g/mol. The number of benzene rings is 2. The number of hydrogen-bond donors (Lipinski definition) is 2. The van der Waals surface area contributed by atoms with Crippen LogP contribution in [-0.4, -0.2) is 41.3 Å². The fourth-order valence-corrected chi connectivity index (χ4v) is 4.89. The van der Waals surface area contributed by atoms with Crippen molar-refractivity contribution >= 4 is 0 Å². The molecule has 2 aliphatic heterocycles. The lowest BCUT2D eigenvalue weighted by Gasteiger charge is -2.34. The van der Waals surface area contributed by atoms with E-state index in [0.29, 0.717) is 17.9 Å². The first-order valence-corrected chi connectivity index (χ1v) is 10.7. The molecule has 3 aliphatic rings. The number of ether oxygens (including phenoxy) is 1.